The summed E-state index contributed by atoms with van der Waals surface area (Å²) in [4.78, 5) is 11.1. The van der Waals surface area contributed by atoms with E-state index in [1.807, 2.05) is 24.3 Å². The lowest BCUT2D eigenvalue weighted by molar-refractivity contribution is -0.481. The van der Waals surface area contributed by atoms with E-state index in [4.69, 9.17) is 9.52 Å². The third-order valence-corrected chi connectivity index (χ3v) is 17.2. The molecule has 1 aliphatic heterocycles. The molecule has 1 N–H and O–H groups in total. The number of nitrogens with zero attached hydrogens (tertiary/aromatic N) is 1. The van der Waals surface area contributed by atoms with Crippen LogP contribution in [0.5, 0.6) is 0 Å². The fourth-order valence-electron chi connectivity index (χ4n) is 6.66. The number of carboxylic acids is 1. The summed E-state index contributed by atoms with van der Waals surface area (Å²) in [7, 11) is -4.31. The maximum Gasteiger partial charge on any atom is 0.335 e. The molecule has 0 amide bonds. The zero-order chi connectivity index (χ0) is 36.8. The highest BCUT2D eigenvalue weighted by molar-refractivity contribution is 14.1. The molecule has 11 heteroatoms. The van der Waals surface area contributed by atoms with Crippen LogP contribution in [0.25, 0.3) is 6.08 Å². The Kier molecular flexibility index (Phi) is 15.6. The molecule has 0 spiro atoms. The monoisotopic (exact) mass is 1030 g/mol. The van der Waals surface area contributed by atoms with Crippen molar-refractivity contribution in [2.75, 3.05) is 12.3 Å². The van der Waals surface area contributed by atoms with E-state index in [2.05, 4.69) is 151 Å². The lowest BCUT2D eigenvalue weighted by Gasteiger charge is -2.38. The summed E-state index contributed by atoms with van der Waals surface area (Å²) in [5.74, 6) is 1.02. The van der Waals surface area contributed by atoms with Crippen LogP contribution < -0.4 is 0 Å². The Hall–Kier alpha value is -0.650. The van der Waals surface area contributed by atoms with Gasteiger partial charge in [-0.3, -0.25) is 4.79 Å². The van der Waals surface area contributed by atoms with Gasteiger partial charge in [-0.2, -0.15) is 0 Å². The summed E-state index contributed by atoms with van der Waals surface area (Å²) in [6, 6.07) is 4.21. The molecule has 0 bridgehead atoms. The van der Waals surface area contributed by atoms with Crippen LogP contribution >= 0.6 is 67.8 Å². The molecule has 2 aliphatic rings. The maximum atomic E-state index is 11.5. The van der Waals surface area contributed by atoms with E-state index in [9.17, 15) is 17.8 Å². The number of carbonyl (C=O) groups is 1. The van der Waals surface area contributed by atoms with Gasteiger partial charge in [-0.1, -0.05) is 117 Å². The number of carboxylic acid groups (broad SMARTS) is 1. The molecule has 0 radical (unpaired) electrons. The van der Waals surface area contributed by atoms with Crippen molar-refractivity contribution >= 4 is 95.6 Å². The summed E-state index contributed by atoms with van der Waals surface area (Å²) in [5.41, 5.74) is 3.16. The van der Waals surface area contributed by atoms with Gasteiger partial charge in [0.15, 0.2) is 11.4 Å². The lowest BCUT2D eigenvalue weighted by Crippen LogP contribution is -2.47. The van der Waals surface area contributed by atoms with Crippen LogP contribution in [0.1, 0.15) is 110 Å². The highest BCUT2D eigenvalue weighted by atomic mass is 127. The van der Waals surface area contributed by atoms with Crippen molar-refractivity contribution in [1.82, 2.24) is 0 Å². The fraction of sp³-hybridized carbons (Fsp3) is 0.605. The Morgan fingerprint density at radius 2 is 1.55 bits per heavy atom. The molecule has 1 aromatic heterocycles. The quantitative estimate of drug-likeness (QED) is 0.0378. The lowest BCUT2D eigenvalue weighted by atomic mass is 9.67. The van der Waals surface area contributed by atoms with Crippen molar-refractivity contribution < 1.29 is 31.9 Å². The van der Waals surface area contributed by atoms with Crippen LogP contribution in [-0.4, -0.2) is 58.4 Å². The van der Waals surface area contributed by atoms with Crippen molar-refractivity contribution in [1.29, 1.82) is 0 Å². The SMILES string of the molecule is CC(C)(C)c1cc(C=CC=CC=CC=C2[N+](CCCS(=O)(=O)[O-])=C3CC(I)C(I)C(I)C3C2(C)CCCCCC(=O)O)cc(C(C)(C)C)[o+]1. The van der Waals surface area contributed by atoms with E-state index in [-0.39, 0.29) is 40.8 Å². The zero-order valence-corrected chi connectivity index (χ0v) is 37.1. The topological polar surface area (TPSA) is 109 Å². The van der Waals surface area contributed by atoms with Crippen molar-refractivity contribution in [2.45, 2.75) is 116 Å². The van der Waals surface area contributed by atoms with Crippen LogP contribution in [-0.2, 0) is 25.7 Å². The average Bonchev–Trinajstić information content (AvgIpc) is 3.20. The molecule has 0 saturated heterocycles. The van der Waals surface area contributed by atoms with Crippen molar-refractivity contribution in [3.63, 3.8) is 0 Å². The minimum absolute atomic E-state index is 0.109. The predicted molar refractivity (Wildman–Crippen MR) is 226 cm³/mol. The molecule has 3 rings (SSSR count). The molecular weight excluding hydrogens is 979 g/mol. The van der Waals surface area contributed by atoms with Crippen LogP contribution in [0.2, 0.25) is 0 Å². The first-order chi connectivity index (χ1) is 22.6. The van der Waals surface area contributed by atoms with E-state index in [1.165, 1.54) is 5.71 Å². The van der Waals surface area contributed by atoms with E-state index in [0.29, 0.717) is 24.7 Å². The number of unbranched alkanes of at least 4 members (excludes halogenated alkanes) is 2. The van der Waals surface area contributed by atoms with Gasteiger partial charge < -0.3 is 9.66 Å². The number of rotatable bonds is 14. The first-order valence-corrected chi connectivity index (χ1v) is 22.4. The highest BCUT2D eigenvalue weighted by Crippen LogP contribution is 2.55. The van der Waals surface area contributed by atoms with Crippen molar-refractivity contribution in [3.8, 4) is 0 Å². The molecule has 5 unspecified atom stereocenters. The average molecular weight is 1030 g/mol. The van der Waals surface area contributed by atoms with E-state index in [0.717, 1.165) is 48.5 Å². The second-order valence-electron chi connectivity index (χ2n) is 15.5. The molecule has 1 aliphatic carbocycles. The summed E-state index contributed by atoms with van der Waals surface area (Å²) in [6.45, 7) is 15.7. The van der Waals surface area contributed by atoms with Gasteiger partial charge in [0.1, 0.15) is 6.54 Å². The Bertz CT molecular complexity index is 1570. The molecule has 1 fully saturated rings. The molecule has 1 saturated carbocycles. The van der Waals surface area contributed by atoms with Gasteiger partial charge in [0.2, 0.25) is 0 Å². The number of aliphatic carboxylic acids is 1. The van der Waals surface area contributed by atoms with E-state index in [1.54, 1.807) is 0 Å². The second-order valence-corrected chi connectivity index (χ2v) is 21.5. The van der Waals surface area contributed by atoms with Gasteiger partial charge in [0.25, 0.3) is 0 Å². The Morgan fingerprint density at radius 1 is 0.959 bits per heavy atom. The minimum atomic E-state index is -4.31. The third-order valence-electron chi connectivity index (χ3n) is 9.28. The smallest absolute Gasteiger partial charge is 0.335 e. The van der Waals surface area contributed by atoms with Gasteiger partial charge in [0.05, 0.1) is 32.3 Å². The molecular formula is C38H53I3NO6S+. The van der Waals surface area contributed by atoms with Crippen molar-refractivity contribution in [3.05, 3.63) is 71.4 Å². The fourth-order valence-corrected chi connectivity index (χ4v) is 11.2. The van der Waals surface area contributed by atoms with E-state index >= 15 is 0 Å². The number of hydrogen-bond donors (Lipinski definition) is 1. The third kappa shape index (κ3) is 12.2. The second kappa shape index (κ2) is 17.9. The molecule has 7 nitrogen and oxygen atoms in total. The van der Waals surface area contributed by atoms with E-state index < -0.39 is 16.1 Å². The molecule has 2 heterocycles. The van der Waals surface area contributed by atoms with Crippen LogP contribution in [0.15, 0.2) is 58.7 Å². The van der Waals surface area contributed by atoms with Gasteiger partial charge in [-0.05, 0) is 66.9 Å². The molecule has 5 atom stereocenters. The Labute approximate surface area is 335 Å². The van der Waals surface area contributed by atoms with Gasteiger partial charge >= 0.3 is 17.5 Å². The first-order valence-electron chi connectivity index (χ1n) is 17.1. The summed E-state index contributed by atoms with van der Waals surface area (Å²) < 4.78 is 44.5. The predicted octanol–water partition coefficient (Wildman–Crippen LogP) is 10.0. The van der Waals surface area contributed by atoms with Crippen LogP contribution in [0.3, 0.4) is 0 Å². The summed E-state index contributed by atoms with van der Waals surface area (Å²) >= 11 is 7.75. The highest BCUT2D eigenvalue weighted by Gasteiger charge is 2.60. The van der Waals surface area contributed by atoms with Crippen molar-refractivity contribution in [2.24, 2.45) is 11.3 Å². The maximum absolute atomic E-state index is 11.5. The van der Waals surface area contributed by atoms with Crippen LogP contribution in [0, 0.1) is 11.3 Å². The van der Waals surface area contributed by atoms with Crippen LogP contribution in [0.4, 0.5) is 0 Å². The Morgan fingerprint density at radius 3 is 2.12 bits per heavy atom. The molecule has 49 heavy (non-hydrogen) atoms. The summed E-state index contributed by atoms with van der Waals surface area (Å²) in [6.07, 6.45) is 19.1. The zero-order valence-electron chi connectivity index (χ0n) is 29.8. The normalized spacial score (nSPS) is 26.1. The molecule has 0 aromatic carbocycles. The molecule has 1 aromatic rings. The standard InChI is InChI=1S/C38H52I3NO6S/c1-36(2,3)30-23-26(24-31(48-30)37(4,5)6)17-12-9-8-10-13-18-29-38(7,20-15-11-14-19-32(43)44)33-28(25-27(39)34(40)35(33)41)42(29)21-16-22-49(45,46)47/h8-10,12-13,17-18,23-24,27,33-35H,11,14-16,19-22,25H2,1-7H3/p+1. The van der Waals surface area contributed by atoms with Gasteiger partial charge in [-0.25, -0.2) is 17.4 Å². The number of halogens is 3. The van der Waals surface area contributed by atoms with Gasteiger partial charge in [-0.15, -0.1) is 0 Å². The molecule has 272 valence electrons. The largest absolute Gasteiger partial charge is 0.748 e. The first kappa shape index (κ1) is 42.8. The number of fused-ring (bicyclic) bond motifs is 1. The Balaban J connectivity index is 1.94. The van der Waals surface area contributed by atoms with Gasteiger partial charge in [0, 0.05) is 55.0 Å². The number of allylic oxidation sites excluding steroid dienone is 7. The summed E-state index contributed by atoms with van der Waals surface area (Å²) in [5, 5.41) is 9.14. The number of hydrogen-bond acceptors (Lipinski definition) is 4. The minimum Gasteiger partial charge on any atom is -0.748 e. The number of alkyl halides is 3.